The maximum Gasteiger partial charge on any atom is 0.286 e. The van der Waals surface area contributed by atoms with E-state index in [0.29, 0.717) is 34.6 Å². The van der Waals surface area contributed by atoms with Crippen LogP contribution in [0.1, 0.15) is 49.7 Å². The molecule has 0 aromatic heterocycles. The van der Waals surface area contributed by atoms with Crippen molar-refractivity contribution in [3.8, 4) is 22.6 Å². The molecule has 2 aliphatic heterocycles. The highest BCUT2D eigenvalue weighted by molar-refractivity contribution is 8.18. The molecule has 6 aliphatic rings. The molecule has 0 unspecified atom stereocenters. The van der Waals surface area contributed by atoms with Crippen molar-refractivity contribution in [2.45, 2.75) is 43.9 Å². The molecule has 0 atom stereocenters. The first-order valence-corrected chi connectivity index (χ1v) is 14.3. The molecule has 192 valence electrons. The maximum absolute atomic E-state index is 12.6. The van der Waals surface area contributed by atoms with Crippen molar-refractivity contribution in [2.24, 2.45) is 22.7 Å². The number of carbonyl (C=O) groups excluding carboxylic acids is 1. The number of hydrogen-bond acceptors (Lipinski definition) is 6. The topological polar surface area (TPSA) is 82.4 Å². The lowest BCUT2D eigenvalue weighted by molar-refractivity contribution is -0.113. The molecule has 4 saturated carbocycles. The van der Waals surface area contributed by atoms with Crippen molar-refractivity contribution in [3.63, 3.8) is 0 Å². The van der Waals surface area contributed by atoms with Crippen LogP contribution >= 0.6 is 11.8 Å². The number of phenols is 2. The zero-order chi connectivity index (χ0) is 25.1. The zero-order valence-corrected chi connectivity index (χ0v) is 21.7. The largest absolute Gasteiger partial charge is 0.508 e. The molecule has 6 nitrogen and oxygen atoms in total. The third kappa shape index (κ3) is 4.16. The lowest BCUT2D eigenvalue weighted by Gasteiger charge is -2.57. The average molecular weight is 517 g/mol. The van der Waals surface area contributed by atoms with Gasteiger partial charge in [0.25, 0.3) is 5.91 Å². The second kappa shape index (κ2) is 8.91. The molecule has 4 bridgehead atoms. The van der Waals surface area contributed by atoms with Crippen LogP contribution in [0.5, 0.6) is 11.5 Å². The molecule has 1 saturated heterocycles. The minimum Gasteiger partial charge on any atom is -0.508 e. The smallest absolute Gasteiger partial charge is 0.286 e. The minimum atomic E-state index is -0.273. The standard InChI is InChI=1S/C30H32N2O4S/c33-25-3-1-21(12-23(25)14-27-28(35)31-29(37-27)32-5-7-36-8-6-32)22-2-4-26(34)24(13-22)30-15-18-9-19(16-30)11-20(10-18)17-30/h1-4,12-14,18-20,33-34H,5-11,15-17H2/b27-14-. The second-order valence-electron chi connectivity index (χ2n) is 11.6. The van der Waals surface area contributed by atoms with Gasteiger partial charge in [0, 0.05) is 24.2 Å². The van der Waals surface area contributed by atoms with Gasteiger partial charge >= 0.3 is 0 Å². The van der Waals surface area contributed by atoms with Gasteiger partial charge in [-0.15, -0.1) is 0 Å². The highest BCUT2D eigenvalue weighted by atomic mass is 32.2. The van der Waals surface area contributed by atoms with Crippen LogP contribution < -0.4 is 0 Å². The summed E-state index contributed by atoms with van der Waals surface area (Å²) in [4.78, 5) is 19.5. The van der Waals surface area contributed by atoms with Crippen molar-refractivity contribution in [1.29, 1.82) is 0 Å². The van der Waals surface area contributed by atoms with Crippen LogP contribution in [0.25, 0.3) is 17.2 Å². The predicted molar refractivity (Wildman–Crippen MR) is 145 cm³/mol. The third-order valence-electron chi connectivity index (χ3n) is 9.14. The van der Waals surface area contributed by atoms with Crippen molar-refractivity contribution < 1.29 is 19.7 Å². The molecule has 2 aromatic carbocycles. The van der Waals surface area contributed by atoms with E-state index < -0.39 is 0 Å². The average Bonchev–Trinajstić information content (AvgIpc) is 3.25. The molecule has 5 fully saturated rings. The molecule has 37 heavy (non-hydrogen) atoms. The van der Waals surface area contributed by atoms with Crippen molar-refractivity contribution in [3.05, 3.63) is 52.4 Å². The van der Waals surface area contributed by atoms with Gasteiger partial charge in [0.1, 0.15) is 11.5 Å². The van der Waals surface area contributed by atoms with Crippen LogP contribution in [-0.2, 0) is 14.9 Å². The number of hydrogen-bond donors (Lipinski definition) is 2. The van der Waals surface area contributed by atoms with Gasteiger partial charge in [-0.3, -0.25) is 4.79 Å². The number of phenolic OH excluding ortho intramolecular Hbond substituents is 2. The summed E-state index contributed by atoms with van der Waals surface area (Å²) in [5.74, 6) is 2.66. The van der Waals surface area contributed by atoms with Gasteiger partial charge in [-0.1, -0.05) is 12.1 Å². The van der Waals surface area contributed by atoms with Crippen LogP contribution in [0.4, 0.5) is 0 Å². The first kappa shape index (κ1) is 23.4. The summed E-state index contributed by atoms with van der Waals surface area (Å²) in [6.45, 7) is 2.71. The third-order valence-corrected chi connectivity index (χ3v) is 10.2. The van der Waals surface area contributed by atoms with Gasteiger partial charge in [-0.2, -0.15) is 4.99 Å². The van der Waals surface area contributed by atoms with Crippen LogP contribution in [0, 0.1) is 17.8 Å². The fourth-order valence-corrected chi connectivity index (χ4v) is 8.82. The van der Waals surface area contributed by atoms with Gasteiger partial charge in [0.05, 0.1) is 18.1 Å². The molecule has 8 rings (SSSR count). The SMILES string of the molecule is O=C1N=C(N2CCOCC2)S/C1=C\c1cc(-c2ccc(O)c(C34CC5CC(CC(C5)C3)C4)c2)ccc1O. The second-order valence-corrected chi connectivity index (χ2v) is 12.6. The van der Waals surface area contributed by atoms with Crippen LogP contribution in [0.3, 0.4) is 0 Å². The normalized spacial score (nSPS) is 31.8. The van der Waals surface area contributed by atoms with E-state index in [1.807, 2.05) is 24.3 Å². The number of rotatable bonds is 3. The summed E-state index contributed by atoms with van der Waals surface area (Å²) < 4.78 is 5.41. The Morgan fingerprint density at radius 3 is 2.22 bits per heavy atom. The van der Waals surface area contributed by atoms with Crippen LogP contribution in [0.2, 0.25) is 0 Å². The van der Waals surface area contributed by atoms with Gasteiger partial charge in [-0.05, 0) is 115 Å². The highest BCUT2D eigenvalue weighted by Crippen LogP contribution is 2.62. The zero-order valence-electron chi connectivity index (χ0n) is 20.9. The summed E-state index contributed by atoms with van der Waals surface area (Å²) in [5, 5.41) is 22.3. The molecule has 2 heterocycles. The highest BCUT2D eigenvalue weighted by Gasteiger charge is 2.52. The van der Waals surface area contributed by atoms with E-state index in [-0.39, 0.29) is 17.1 Å². The number of ether oxygens (including phenoxy) is 1. The molecule has 7 heteroatoms. The summed E-state index contributed by atoms with van der Waals surface area (Å²) >= 11 is 1.35. The number of benzene rings is 2. The Morgan fingerprint density at radius 1 is 0.919 bits per heavy atom. The Balaban J connectivity index is 1.19. The van der Waals surface area contributed by atoms with Crippen molar-refractivity contribution >= 4 is 28.9 Å². The van der Waals surface area contributed by atoms with Crippen LogP contribution in [0.15, 0.2) is 46.3 Å². The molecule has 2 N–H and O–H groups in total. The number of thioether (sulfide) groups is 1. The first-order chi connectivity index (χ1) is 18.0. The van der Waals surface area contributed by atoms with E-state index >= 15 is 0 Å². The summed E-state index contributed by atoms with van der Waals surface area (Å²) in [7, 11) is 0. The quantitative estimate of drug-likeness (QED) is 0.522. The molecule has 2 aromatic rings. The monoisotopic (exact) mass is 516 g/mol. The summed E-state index contributed by atoms with van der Waals surface area (Å²) in [5.41, 5.74) is 3.77. The van der Waals surface area contributed by atoms with E-state index in [2.05, 4.69) is 16.0 Å². The lowest BCUT2D eigenvalue weighted by Crippen LogP contribution is -2.48. The lowest BCUT2D eigenvalue weighted by atomic mass is 9.48. The van der Waals surface area contributed by atoms with Gasteiger partial charge in [0.15, 0.2) is 5.17 Å². The summed E-state index contributed by atoms with van der Waals surface area (Å²) in [6, 6.07) is 11.5. The number of morpholine rings is 1. The van der Waals surface area contributed by atoms with E-state index in [1.54, 1.807) is 12.1 Å². The van der Waals surface area contributed by atoms with Gasteiger partial charge in [-0.25, -0.2) is 0 Å². The predicted octanol–water partition coefficient (Wildman–Crippen LogP) is 5.54. The number of amides is 1. The van der Waals surface area contributed by atoms with Gasteiger partial charge in [0.2, 0.25) is 0 Å². The van der Waals surface area contributed by atoms with E-state index in [9.17, 15) is 15.0 Å². The molecule has 0 spiro atoms. The van der Waals surface area contributed by atoms with Crippen molar-refractivity contribution in [1.82, 2.24) is 4.90 Å². The maximum atomic E-state index is 12.6. The minimum absolute atomic E-state index is 0.0940. The Hall–Kier alpha value is -2.77. The number of nitrogens with zero attached hydrogens (tertiary/aromatic N) is 2. The molecule has 4 aliphatic carbocycles. The Morgan fingerprint density at radius 2 is 1.54 bits per heavy atom. The fraction of sp³-hybridized carbons (Fsp3) is 0.467. The number of carbonyl (C=O) groups is 1. The van der Waals surface area contributed by atoms with Gasteiger partial charge < -0.3 is 19.8 Å². The van der Waals surface area contributed by atoms with E-state index in [0.717, 1.165) is 47.5 Å². The molecule has 0 radical (unpaired) electrons. The summed E-state index contributed by atoms with van der Waals surface area (Å²) in [6.07, 6.45) is 9.40. The van der Waals surface area contributed by atoms with Crippen LogP contribution in [-0.4, -0.2) is 52.5 Å². The number of aromatic hydroxyl groups is 2. The van der Waals surface area contributed by atoms with E-state index in [1.165, 1.54) is 50.3 Å². The Kier molecular flexibility index (Phi) is 5.63. The number of aliphatic imine (C=N–C) groups is 1. The molecular formula is C30H32N2O4S. The molecular weight excluding hydrogens is 484 g/mol. The van der Waals surface area contributed by atoms with Crippen molar-refractivity contribution in [2.75, 3.05) is 26.3 Å². The fourth-order valence-electron chi connectivity index (χ4n) is 7.86. The number of amidine groups is 1. The van der Waals surface area contributed by atoms with E-state index in [4.69, 9.17) is 4.74 Å². The Labute approximate surface area is 221 Å². The first-order valence-electron chi connectivity index (χ1n) is 13.5. The Bertz CT molecular complexity index is 1290. The molecule has 1 amide bonds.